The first kappa shape index (κ1) is 15.8. The predicted molar refractivity (Wildman–Crippen MR) is 88.3 cm³/mol. The SMILES string of the molecule is CNC(COC(C)CC(C)C)C12CC3CC(CC(C3)C1)C2. The molecule has 4 aliphatic rings. The smallest absolute Gasteiger partial charge is 0.0628 e. The van der Waals surface area contributed by atoms with Crippen LogP contribution in [0.3, 0.4) is 0 Å². The fourth-order valence-corrected chi connectivity index (χ4v) is 6.16. The molecule has 0 aromatic rings. The van der Waals surface area contributed by atoms with Crippen LogP contribution in [0.25, 0.3) is 0 Å². The van der Waals surface area contributed by atoms with E-state index >= 15 is 0 Å². The maximum atomic E-state index is 6.23. The lowest BCUT2D eigenvalue weighted by Gasteiger charge is -2.59. The van der Waals surface area contributed by atoms with Gasteiger partial charge in [-0.3, -0.25) is 0 Å². The van der Waals surface area contributed by atoms with Crippen molar-refractivity contribution in [3.8, 4) is 0 Å². The van der Waals surface area contributed by atoms with Crippen LogP contribution in [0.5, 0.6) is 0 Å². The van der Waals surface area contributed by atoms with E-state index in [1.165, 1.54) is 44.9 Å². The highest BCUT2D eigenvalue weighted by Crippen LogP contribution is 2.61. The molecule has 0 spiro atoms. The number of rotatable bonds is 7. The van der Waals surface area contributed by atoms with Crippen molar-refractivity contribution in [2.45, 2.75) is 77.9 Å². The zero-order valence-corrected chi connectivity index (χ0v) is 14.5. The predicted octanol–water partition coefficient (Wildman–Crippen LogP) is 4.24. The molecule has 1 N–H and O–H groups in total. The van der Waals surface area contributed by atoms with Gasteiger partial charge in [-0.05, 0) is 88.0 Å². The number of ether oxygens (including phenoxy) is 1. The monoisotopic (exact) mass is 293 g/mol. The molecule has 2 unspecified atom stereocenters. The van der Waals surface area contributed by atoms with E-state index in [0.29, 0.717) is 17.6 Å². The molecule has 0 aromatic heterocycles. The van der Waals surface area contributed by atoms with Gasteiger partial charge in [0.2, 0.25) is 0 Å². The summed E-state index contributed by atoms with van der Waals surface area (Å²) < 4.78 is 6.23. The molecule has 4 saturated carbocycles. The standard InChI is InChI=1S/C19H35NO/c1-13(2)5-14(3)21-12-18(20-4)19-9-15-6-16(10-19)8-17(7-15)11-19/h13-18,20H,5-12H2,1-4H3. The minimum Gasteiger partial charge on any atom is -0.377 e. The van der Waals surface area contributed by atoms with Crippen LogP contribution in [-0.4, -0.2) is 25.8 Å². The first-order chi connectivity index (χ1) is 10.0. The summed E-state index contributed by atoms with van der Waals surface area (Å²) in [7, 11) is 2.15. The van der Waals surface area contributed by atoms with E-state index < -0.39 is 0 Å². The summed E-state index contributed by atoms with van der Waals surface area (Å²) in [5.74, 6) is 3.81. The van der Waals surface area contributed by atoms with Crippen LogP contribution in [0.4, 0.5) is 0 Å². The zero-order chi connectivity index (χ0) is 15.0. The maximum absolute atomic E-state index is 6.23. The number of likely N-dealkylation sites (N-methyl/N-ethyl adjacent to an activating group) is 1. The molecule has 2 nitrogen and oxygen atoms in total. The van der Waals surface area contributed by atoms with Gasteiger partial charge < -0.3 is 10.1 Å². The maximum Gasteiger partial charge on any atom is 0.0628 e. The molecular weight excluding hydrogens is 258 g/mol. The second kappa shape index (κ2) is 6.20. The fraction of sp³-hybridized carbons (Fsp3) is 1.00. The number of nitrogens with one attached hydrogen (secondary N) is 1. The lowest BCUT2D eigenvalue weighted by molar-refractivity contribution is -0.0939. The molecule has 4 aliphatic carbocycles. The Labute approximate surface area is 131 Å². The van der Waals surface area contributed by atoms with Crippen LogP contribution in [0.1, 0.15) is 65.7 Å². The molecule has 0 aromatic carbocycles. The molecule has 0 radical (unpaired) electrons. The van der Waals surface area contributed by atoms with E-state index in [4.69, 9.17) is 4.74 Å². The van der Waals surface area contributed by atoms with Crippen molar-refractivity contribution in [2.24, 2.45) is 29.1 Å². The fourth-order valence-electron chi connectivity index (χ4n) is 6.16. The van der Waals surface area contributed by atoms with Gasteiger partial charge in [0.25, 0.3) is 0 Å². The van der Waals surface area contributed by atoms with E-state index in [0.717, 1.165) is 30.3 Å². The molecule has 0 heterocycles. The second-order valence-corrected chi connectivity index (χ2v) is 8.89. The van der Waals surface area contributed by atoms with Crippen LogP contribution >= 0.6 is 0 Å². The van der Waals surface area contributed by atoms with Crippen LogP contribution in [0.15, 0.2) is 0 Å². The minimum absolute atomic E-state index is 0.398. The van der Waals surface area contributed by atoms with Gasteiger partial charge in [0.05, 0.1) is 12.7 Å². The Bertz CT molecular complexity index is 316. The molecule has 4 fully saturated rings. The van der Waals surface area contributed by atoms with E-state index in [2.05, 4.69) is 33.1 Å². The summed E-state index contributed by atoms with van der Waals surface area (Å²) in [6.45, 7) is 7.73. The van der Waals surface area contributed by atoms with Crippen LogP contribution < -0.4 is 5.32 Å². The topological polar surface area (TPSA) is 21.3 Å². The molecule has 0 aliphatic heterocycles. The third kappa shape index (κ3) is 3.32. The summed E-state index contributed by atoms with van der Waals surface area (Å²) in [6, 6.07) is 0.570. The summed E-state index contributed by atoms with van der Waals surface area (Å²) in [4.78, 5) is 0. The summed E-state index contributed by atoms with van der Waals surface area (Å²) >= 11 is 0. The Morgan fingerprint density at radius 1 is 1.00 bits per heavy atom. The van der Waals surface area contributed by atoms with E-state index in [1.807, 2.05) is 0 Å². The minimum atomic E-state index is 0.398. The molecular formula is C19H35NO. The average Bonchev–Trinajstić information content (AvgIpc) is 2.36. The van der Waals surface area contributed by atoms with Crippen molar-refractivity contribution < 1.29 is 4.74 Å². The van der Waals surface area contributed by atoms with Crippen molar-refractivity contribution >= 4 is 0 Å². The first-order valence-corrected chi connectivity index (χ1v) is 9.29. The van der Waals surface area contributed by atoms with Crippen molar-refractivity contribution in [2.75, 3.05) is 13.7 Å². The van der Waals surface area contributed by atoms with E-state index in [-0.39, 0.29) is 0 Å². The van der Waals surface area contributed by atoms with Gasteiger partial charge in [-0.25, -0.2) is 0 Å². The highest BCUT2D eigenvalue weighted by atomic mass is 16.5. The van der Waals surface area contributed by atoms with Gasteiger partial charge in [0, 0.05) is 6.04 Å². The van der Waals surface area contributed by atoms with Crippen LogP contribution in [-0.2, 0) is 4.74 Å². The molecule has 21 heavy (non-hydrogen) atoms. The highest BCUT2D eigenvalue weighted by Gasteiger charge is 2.53. The average molecular weight is 293 g/mol. The third-order valence-corrected chi connectivity index (χ3v) is 6.52. The molecule has 0 amide bonds. The molecule has 2 atom stereocenters. The lowest BCUT2D eigenvalue weighted by Crippen LogP contribution is -2.57. The Morgan fingerprint density at radius 3 is 1.95 bits per heavy atom. The molecule has 0 saturated heterocycles. The summed E-state index contributed by atoms with van der Waals surface area (Å²) in [5.41, 5.74) is 0.557. The van der Waals surface area contributed by atoms with Gasteiger partial charge in [0.1, 0.15) is 0 Å². The van der Waals surface area contributed by atoms with Gasteiger partial charge in [-0.2, -0.15) is 0 Å². The zero-order valence-electron chi connectivity index (χ0n) is 14.5. The van der Waals surface area contributed by atoms with Crippen LogP contribution in [0.2, 0.25) is 0 Å². The van der Waals surface area contributed by atoms with Crippen molar-refractivity contribution in [1.29, 1.82) is 0 Å². The van der Waals surface area contributed by atoms with Crippen molar-refractivity contribution in [1.82, 2.24) is 5.32 Å². The Hall–Kier alpha value is -0.0800. The lowest BCUT2D eigenvalue weighted by atomic mass is 9.48. The van der Waals surface area contributed by atoms with Crippen LogP contribution in [0, 0.1) is 29.1 Å². The molecule has 2 heteroatoms. The van der Waals surface area contributed by atoms with E-state index in [9.17, 15) is 0 Å². The Kier molecular flexibility index (Phi) is 4.66. The Morgan fingerprint density at radius 2 is 1.52 bits per heavy atom. The van der Waals surface area contributed by atoms with Gasteiger partial charge in [0.15, 0.2) is 0 Å². The largest absolute Gasteiger partial charge is 0.377 e. The normalized spacial score (nSPS) is 40.7. The third-order valence-electron chi connectivity index (χ3n) is 6.52. The van der Waals surface area contributed by atoms with Gasteiger partial charge in [-0.1, -0.05) is 13.8 Å². The number of hydrogen-bond acceptors (Lipinski definition) is 2. The quantitative estimate of drug-likeness (QED) is 0.758. The Balaban J connectivity index is 1.60. The molecule has 4 bridgehead atoms. The van der Waals surface area contributed by atoms with Crippen molar-refractivity contribution in [3.63, 3.8) is 0 Å². The van der Waals surface area contributed by atoms with Gasteiger partial charge >= 0.3 is 0 Å². The molecule has 4 rings (SSSR count). The summed E-state index contributed by atoms with van der Waals surface area (Å²) in [6.07, 6.45) is 10.6. The first-order valence-electron chi connectivity index (χ1n) is 9.29. The second-order valence-electron chi connectivity index (χ2n) is 8.89. The molecule has 122 valence electrons. The van der Waals surface area contributed by atoms with E-state index in [1.54, 1.807) is 0 Å². The summed E-state index contributed by atoms with van der Waals surface area (Å²) in [5, 5.41) is 3.64. The highest BCUT2D eigenvalue weighted by molar-refractivity contribution is 5.06. The van der Waals surface area contributed by atoms with Gasteiger partial charge in [-0.15, -0.1) is 0 Å². The van der Waals surface area contributed by atoms with Crippen molar-refractivity contribution in [3.05, 3.63) is 0 Å². The number of hydrogen-bond donors (Lipinski definition) is 1.